The fourth-order valence-electron chi connectivity index (χ4n) is 2.11. The molecule has 0 amide bonds. The first-order chi connectivity index (χ1) is 8.79. The van der Waals surface area contributed by atoms with Gasteiger partial charge in [0.2, 0.25) is 0 Å². The number of hydrogen-bond acceptors (Lipinski definition) is 1. The van der Waals surface area contributed by atoms with Crippen molar-refractivity contribution in [2.75, 3.05) is 0 Å². The van der Waals surface area contributed by atoms with E-state index in [0.29, 0.717) is 18.6 Å². The Balaban J connectivity index is 2.03. The highest BCUT2D eigenvalue weighted by Crippen LogP contribution is 2.16. The molecule has 2 aromatic rings. The van der Waals surface area contributed by atoms with E-state index in [0.717, 1.165) is 18.4 Å². The van der Waals surface area contributed by atoms with Gasteiger partial charge in [-0.2, -0.15) is 0 Å². The van der Waals surface area contributed by atoms with E-state index in [1.54, 1.807) is 0 Å². The van der Waals surface area contributed by atoms with Gasteiger partial charge < -0.3 is 0 Å². The molecule has 0 bridgehead atoms. The second kappa shape index (κ2) is 6.15. The topological polar surface area (TPSA) is 17.1 Å². The van der Waals surface area contributed by atoms with Crippen LogP contribution in [0.15, 0.2) is 55.1 Å². The lowest BCUT2D eigenvalue weighted by molar-refractivity contribution is -0.118. The van der Waals surface area contributed by atoms with Crippen molar-refractivity contribution in [3.05, 3.63) is 60.7 Å². The van der Waals surface area contributed by atoms with E-state index in [-0.39, 0.29) is 0 Å². The second-order valence-electron chi connectivity index (χ2n) is 4.58. The lowest BCUT2D eigenvalue weighted by atomic mass is 10.0. The Hall–Kier alpha value is -1.89. The molecule has 0 fully saturated rings. The highest BCUT2D eigenvalue weighted by molar-refractivity contribution is 5.86. The van der Waals surface area contributed by atoms with E-state index in [1.165, 1.54) is 10.8 Å². The molecule has 1 heteroatoms. The van der Waals surface area contributed by atoms with Gasteiger partial charge in [-0.15, -0.1) is 6.58 Å². The number of Topliss-reactive ketones (excluding diaryl/α,β-unsaturated/α-hetero) is 1. The number of rotatable bonds is 6. The molecule has 18 heavy (non-hydrogen) atoms. The van der Waals surface area contributed by atoms with Crippen LogP contribution in [-0.2, 0) is 11.2 Å². The van der Waals surface area contributed by atoms with Gasteiger partial charge in [0.25, 0.3) is 0 Å². The SMILES string of the molecule is C=CCCCC(=O)Cc1ccc2ccccc2c1. The molecule has 0 saturated heterocycles. The summed E-state index contributed by atoms with van der Waals surface area (Å²) in [6.07, 6.45) is 4.89. The van der Waals surface area contributed by atoms with Crippen molar-refractivity contribution in [3.63, 3.8) is 0 Å². The molecule has 2 rings (SSSR count). The standard InChI is InChI=1S/C17H18O/c1-2-3-4-9-17(18)13-14-10-11-15-7-5-6-8-16(15)12-14/h2,5-8,10-12H,1,3-4,9,13H2. The minimum atomic E-state index is 0.312. The zero-order valence-corrected chi connectivity index (χ0v) is 10.6. The number of carbonyl (C=O) groups excluding carboxylic acids is 1. The predicted molar refractivity (Wildman–Crippen MR) is 76.7 cm³/mol. The summed E-state index contributed by atoms with van der Waals surface area (Å²) in [6, 6.07) is 14.5. The number of benzene rings is 2. The van der Waals surface area contributed by atoms with Crippen LogP contribution in [-0.4, -0.2) is 5.78 Å². The quantitative estimate of drug-likeness (QED) is 0.541. The minimum Gasteiger partial charge on any atom is -0.299 e. The van der Waals surface area contributed by atoms with Crippen molar-refractivity contribution in [2.45, 2.75) is 25.7 Å². The fourth-order valence-corrected chi connectivity index (χ4v) is 2.11. The molecular formula is C17H18O. The number of hydrogen-bond donors (Lipinski definition) is 0. The van der Waals surface area contributed by atoms with E-state index >= 15 is 0 Å². The van der Waals surface area contributed by atoms with Crippen LogP contribution in [0.1, 0.15) is 24.8 Å². The summed E-state index contributed by atoms with van der Waals surface area (Å²) in [5, 5.41) is 2.43. The van der Waals surface area contributed by atoms with Gasteiger partial charge in [-0.25, -0.2) is 0 Å². The third-order valence-corrected chi connectivity index (χ3v) is 3.08. The summed E-state index contributed by atoms with van der Waals surface area (Å²) in [6.45, 7) is 3.66. The molecule has 0 radical (unpaired) electrons. The molecule has 0 atom stereocenters. The van der Waals surface area contributed by atoms with Crippen molar-refractivity contribution in [1.29, 1.82) is 0 Å². The maximum atomic E-state index is 11.8. The molecule has 0 aliphatic heterocycles. The highest BCUT2D eigenvalue weighted by Gasteiger charge is 2.04. The number of carbonyl (C=O) groups is 1. The van der Waals surface area contributed by atoms with E-state index in [1.807, 2.05) is 24.3 Å². The van der Waals surface area contributed by atoms with Gasteiger partial charge in [0.05, 0.1) is 0 Å². The van der Waals surface area contributed by atoms with Crippen molar-refractivity contribution in [3.8, 4) is 0 Å². The summed E-state index contributed by atoms with van der Waals surface area (Å²) in [4.78, 5) is 11.8. The van der Waals surface area contributed by atoms with Crippen LogP contribution in [0.2, 0.25) is 0 Å². The number of allylic oxidation sites excluding steroid dienone is 1. The largest absolute Gasteiger partial charge is 0.299 e. The molecule has 2 aromatic carbocycles. The van der Waals surface area contributed by atoms with E-state index in [9.17, 15) is 4.79 Å². The summed E-state index contributed by atoms with van der Waals surface area (Å²) < 4.78 is 0. The molecule has 0 heterocycles. The van der Waals surface area contributed by atoms with E-state index in [4.69, 9.17) is 0 Å². The van der Waals surface area contributed by atoms with Crippen LogP contribution in [0.3, 0.4) is 0 Å². The van der Waals surface area contributed by atoms with Crippen LogP contribution >= 0.6 is 0 Å². The number of unbranched alkanes of at least 4 members (excludes halogenated alkanes) is 1. The van der Waals surface area contributed by atoms with Crippen LogP contribution in [0.4, 0.5) is 0 Å². The zero-order valence-electron chi connectivity index (χ0n) is 10.6. The molecule has 92 valence electrons. The zero-order chi connectivity index (χ0) is 12.8. The van der Waals surface area contributed by atoms with E-state index < -0.39 is 0 Å². The van der Waals surface area contributed by atoms with E-state index in [2.05, 4.69) is 30.8 Å². The van der Waals surface area contributed by atoms with Gasteiger partial charge in [-0.3, -0.25) is 4.79 Å². The Morgan fingerprint density at radius 1 is 1.11 bits per heavy atom. The smallest absolute Gasteiger partial charge is 0.137 e. The highest BCUT2D eigenvalue weighted by atomic mass is 16.1. The Kier molecular flexibility index (Phi) is 4.30. The predicted octanol–water partition coefficient (Wildman–Crippen LogP) is 4.31. The number of ketones is 1. The first-order valence-corrected chi connectivity index (χ1v) is 6.40. The Morgan fingerprint density at radius 2 is 1.89 bits per heavy atom. The van der Waals surface area contributed by atoms with Gasteiger partial charge in [-0.1, -0.05) is 48.5 Å². The fraction of sp³-hybridized carbons (Fsp3) is 0.235. The number of fused-ring (bicyclic) bond motifs is 1. The van der Waals surface area contributed by atoms with Crippen molar-refractivity contribution < 1.29 is 4.79 Å². The average molecular weight is 238 g/mol. The average Bonchev–Trinajstić information content (AvgIpc) is 2.39. The van der Waals surface area contributed by atoms with Gasteiger partial charge >= 0.3 is 0 Å². The molecule has 0 N–H and O–H groups in total. The maximum absolute atomic E-state index is 11.8. The molecule has 0 aliphatic carbocycles. The van der Waals surface area contributed by atoms with Crippen molar-refractivity contribution in [1.82, 2.24) is 0 Å². The lowest BCUT2D eigenvalue weighted by Crippen LogP contribution is -2.02. The second-order valence-corrected chi connectivity index (χ2v) is 4.58. The van der Waals surface area contributed by atoms with Gasteiger partial charge in [0, 0.05) is 12.8 Å². The monoisotopic (exact) mass is 238 g/mol. The first kappa shape index (κ1) is 12.6. The van der Waals surface area contributed by atoms with Crippen LogP contribution in [0, 0.1) is 0 Å². The van der Waals surface area contributed by atoms with Gasteiger partial charge in [0.15, 0.2) is 0 Å². The first-order valence-electron chi connectivity index (χ1n) is 6.40. The third-order valence-electron chi connectivity index (χ3n) is 3.08. The normalized spacial score (nSPS) is 10.4. The molecule has 0 saturated carbocycles. The van der Waals surface area contributed by atoms with Crippen LogP contribution in [0.5, 0.6) is 0 Å². The Labute approximate surface area is 108 Å². The maximum Gasteiger partial charge on any atom is 0.137 e. The molecule has 0 spiro atoms. The molecule has 0 aromatic heterocycles. The van der Waals surface area contributed by atoms with Crippen LogP contribution in [0.25, 0.3) is 10.8 Å². The van der Waals surface area contributed by atoms with Gasteiger partial charge in [-0.05, 0) is 29.2 Å². The molecular weight excluding hydrogens is 220 g/mol. The lowest BCUT2D eigenvalue weighted by Gasteiger charge is -2.03. The minimum absolute atomic E-state index is 0.312. The van der Waals surface area contributed by atoms with Crippen molar-refractivity contribution in [2.24, 2.45) is 0 Å². The molecule has 0 unspecified atom stereocenters. The summed E-state index contributed by atoms with van der Waals surface area (Å²) in [5.41, 5.74) is 1.11. The van der Waals surface area contributed by atoms with Crippen molar-refractivity contribution >= 4 is 16.6 Å². The Morgan fingerprint density at radius 3 is 2.67 bits per heavy atom. The molecule has 1 nitrogen and oxygen atoms in total. The molecule has 0 aliphatic rings. The summed E-state index contributed by atoms with van der Waals surface area (Å²) >= 11 is 0. The van der Waals surface area contributed by atoms with Crippen LogP contribution < -0.4 is 0 Å². The third kappa shape index (κ3) is 3.30. The Bertz CT molecular complexity index is 554. The summed E-state index contributed by atoms with van der Waals surface area (Å²) in [5.74, 6) is 0.312. The van der Waals surface area contributed by atoms with Gasteiger partial charge in [0.1, 0.15) is 5.78 Å². The summed E-state index contributed by atoms with van der Waals surface area (Å²) in [7, 11) is 0.